The molecule has 4 heteroatoms. The summed E-state index contributed by atoms with van der Waals surface area (Å²) in [6, 6.07) is 69.6. The van der Waals surface area contributed by atoms with Crippen molar-refractivity contribution < 1.29 is 0 Å². The quantitative estimate of drug-likeness (QED) is 0.161. The maximum absolute atomic E-state index is 9.66. The van der Waals surface area contributed by atoms with Crippen LogP contribution in [0.2, 0.25) is 0 Å². The minimum absolute atomic E-state index is 0.517. The number of hydrogen-bond donors (Lipinski definition) is 0. The summed E-state index contributed by atoms with van der Waals surface area (Å²) in [6.45, 7) is 0. The molecule has 0 bridgehead atoms. The van der Waals surface area contributed by atoms with Crippen LogP contribution in [0, 0.1) is 11.3 Å². The molecule has 10 aromatic rings. The summed E-state index contributed by atoms with van der Waals surface area (Å²) >= 11 is 0. The molecule has 0 aliphatic carbocycles. The second kappa shape index (κ2) is 13.9. The van der Waals surface area contributed by atoms with Gasteiger partial charge in [0.15, 0.2) is 17.5 Å². The molecular formula is C52H32N4. The fourth-order valence-corrected chi connectivity index (χ4v) is 7.97. The average molecular weight is 713 g/mol. The molecule has 0 aliphatic heterocycles. The van der Waals surface area contributed by atoms with Gasteiger partial charge in [0.2, 0.25) is 0 Å². The zero-order chi connectivity index (χ0) is 37.4. The molecule has 9 aromatic carbocycles. The van der Waals surface area contributed by atoms with Gasteiger partial charge in [-0.25, -0.2) is 15.0 Å². The van der Waals surface area contributed by atoms with Crippen LogP contribution in [0.15, 0.2) is 194 Å². The molecular weight excluding hydrogens is 681 g/mol. The van der Waals surface area contributed by atoms with Crippen molar-refractivity contribution in [2.24, 2.45) is 0 Å². The molecule has 1 heterocycles. The Morgan fingerprint density at radius 2 is 0.732 bits per heavy atom. The van der Waals surface area contributed by atoms with Crippen molar-refractivity contribution in [3.05, 3.63) is 200 Å². The Morgan fingerprint density at radius 3 is 1.34 bits per heavy atom. The van der Waals surface area contributed by atoms with Crippen molar-refractivity contribution in [2.75, 3.05) is 0 Å². The number of aromatic nitrogens is 3. The summed E-state index contributed by atoms with van der Waals surface area (Å²) in [5, 5.41) is 16.6. The van der Waals surface area contributed by atoms with E-state index in [9.17, 15) is 5.26 Å². The zero-order valence-electron chi connectivity index (χ0n) is 30.3. The van der Waals surface area contributed by atoms with Crippen molar-refractivity contribution in [1.82, 2.24) is 15.0 Å². The standard InChI is InChI=1S/C52H32N4/c53-33-34-14-13-19-39(32-34)51-54-50(38-17-5-2-6-18-38)55-52(56-51)47-31-30-46(40-20-7-8-21-41(40)47)49-44-24-11-9-22-42(44)48(43-23-10-12-25-45(43)49)37-28-26-36(27-29-37)35-15-3-1-4-16-35/h1-32H. The van der Waals surface area contributed by atoms with Crippen LogP contribution < -0.4 is 0 Å². The highest BCUT2D eigenvalue weighted by atomic mass is 15.0. The number of nitrogens with zero attached hydrogens (tertiary/aromatic N) is 4. The molecule has 0 saturated heterocycles. The van der Waals surface area contributed by atoms with E-state index in [0.717, 1.165) is 33.0 Å². The van der Waals surface area contributed by atoms with Gasteiger partial charge in [-0.15, -0.1) is 0 Å². The van der Waals surface area contributed by atoms with Gasteiger partial charge < -0.3 is 0 Å². The molecule has 1 aromatic heterocycles. The molecule has 0 atom stereocenters. The van der Waals surface area contributed by atoms with Gasteiger partial charge in [-0.3, -0.25) is 0 Å². The van der Waals surface area contributed by atoms with Gasteiger partial charge in [0, 0.05) is 16.7 Å². The van der Waals surface area contributed by atoms with E-state index in [4.69, 9.17) is 15.0 Å². The van der Waals surface area contributed by atoms with E-state index in [1.165, 1.54) is 49.4 Å². The van der Waals surface area contributed by atoms with Gasteiger partial charge in [0.05, 0.1) is 11.6 Å². The molecule has 10 rings (SSSR count). The topological polar surface area (TPSA) is 62.5 Å². The van der Waals surface area contributed by atoms with Crippen LogP contribution in [-0.2, 0) is 0 Å². The average Bonchev–Trinajstić information content (AvgIpc) is 3.28. The summed E-state index contributed by atoms with van der Waals surface area (Å²) in [7, 11) is 0. The number of hydrogen-bond acceptors (Lipinski definition) is 4. The van der Waals surface area contributed by atoms with E-state index in [-0.39, 0.29) is 0 Å². The lowest BCUT2D eigenvalue weighted by Gasteiger charge is -2.19. The van der Waals surface area contributed by atoms with Crippen LogP contribution in [0.25, 0.3) is 99.9 Å². The monoisotopic (exact) mass is 712 g/mol. The Hall–Kier alpha value is -7.74. The van der Waals surface area contributed by atoms with Crippen LogP contribution in [0.3, 0.4) is 0 Å². The van der Waals surface area contributed by atoms with E-state index in [2.05, 4.69) is 146 Å². The van der Waals surface area contributed by atoms with Crippen LogP contribution >= 0.6 is 0 Å². The van der Waals surface area contributed by atoms with E-state index in [0.29, 0.717) is 23.0 Å². The molecule has 0 unspecified atom stereocenters. The molecule has 4 nitrogen and oxygen atoms in total. The maximum atomic E-state index is 9.66. The predicted octanol–water partition coefficient (Wildman–Crippen LogP) is 13.2. The smallest absolute Gasteiger partial charge is 0.164 e. The van der Waals surface area contributed by atoms with E-state index in [1.807, 2.05) is 48.5 Å². The lowest BCUT2D eigenvalue weighted by atomic mass is 9.84. The van der Waals surface area contributed by atoms with Gasteiger partial charge in [0.1, 0.15) is 0 Å². The second-order valence-corrected chi connectivity index (χ2v) is 13.9. The molecule has 0 amide bonds. The predicted molar refractivity (Wildman–Crippen MR) is 230 cm³/mol. The highest BCUT2D eigenvalue weighted by Gasteiger charge is 2.20. The Balaban J connectivity index is 1.19. The van der Waals surface area contributed by atoms with Crippen LogP contribution in [0.1, 0.15) is 5.56 Å². The summed E-state index contributed by atoms with van der Waals surface area (Å²) in [6.07, 6.45) is 0. The molecule has 0 saturated carbocycles. The molecule has 56 heavy (non-hydrogen) atoms. The fraction of sp³-hybridized carbons (Fsp3) is 0. The lowest BCUT2D eigenvalue weighted by molar-refractivity contribution is 1.08. The first-order chi connectivity index (χ1) is 27.7. The third kappa shape index (κ3) is 5.76. The summed E-state index contributed by atoms with van der Waals surface area (Å²) < 4.78 is 0. The SMILES string of the molecule is N#Cc1cccc(-c2nc(-c3ccccc3)nc(-c3ccc(-c4c5ccccc5c(-c5ccc(-c6ccccc6)cc5)c5ccccc45)c4ccccc34)n2)c1. The van der Waals surface area contributed by atoms with Crippen molar-refractivity contribution in [1.29, 1.82) is 5.26 Å². The van der Waals surface area contributed by atoms with E-state index < -0.39 is 0 Å². The first-order valence-corrected chi connectivity index (χ1v) is 18.7. The second-order valence-electron chi connectivity index (χ2n) is 13.9. The van der Waals surface area contributed by atoms with Crippen LogP contribution in [0.4, 0.5) is 0 Å². The van der Waals surface area contributed by atoms with Crippen molar-refractivity contribution in [2.45, 2.75) is 0 Å². The van der Waals surface area contributed by atoms with Crippen molar-refractivity contribution in [3.63, 3.8) is 0 Å². The Kier molecular flexibility index (Phi) is 8.17. The lowest BCUT2D eigenvalue weighted by Crippen LogP contribution is -2.01. The first-order valence-electron chi connectivity index (χ1n) is 18.7. The molecule has 0 aliphatic rings. The molecule has 0 radical (unpaired) electrons. The molecule has 0 spiro atoms. The number of rotatable bonds is 6. The summed E-state index contributed by atoms with van der Waals surface area (Å²) in [4.78, 5) is 15.1. The van der Waals surface area contributed by atoms with Gasteiger partial charge in [0.25, 0.3) is 0 Å². The minimum Gasteiger partial charge on any atom is -0.208 e. The van der Waals surface area contributed by atoms with Gasteiger partial charge in [-0.05, 0) is 83.9 Å². The van der Waals surface area contributed by atoms with Crippen molar-refractivity contribution in [3.8, 4) is 73.6 Å². The fourth-order valence-electron chi connectivity index (χ4n) is 7.97. The van der Waals surface area contributed by atoms with E-state index in [1.54, 1.807) is 6.07 Å². The van der Waals surface area contributed by atoms with E-state index >= 15 is 0 Å². The molecule has 0 N–H and O–H groups in total. The largest absolute Gasteiger partial charge is 0.208 e. The molecule has 260 valence electrons. The summed E-state index contributed by atoms with van der Waals surface area (Å²) in [5.74, 6) is 1.66. The van der Waals surface area contributed by atoms with Crippen LogP contribution in [0.5, 0.6) is 0 Å². The van der Waals surface area contributed by atoms with Crippen LogP contribution in [-0.4, -0.2) is 15.0 Å². The maximum Gasteiger partial charge on any atom is 0.164 e. The third-order valence-corrected chi connectivity index (χ3v) is 10.6. The number of benzene rings is 9. The normalized spacial score (nSPS) is 11.2. The highest BCUT2D eigenvalue weighted by Crippen LogP contribution is 2.46. The number of nitriles is 1. The Morgan fingerprint density at radius 1 is 0.304 bits per heavy atom. The van der Waals surface area contributed by atoms with Crippen molar-refractivity contribution >= 4 is 32.3 Å². The number of fused-ring (bicyclic) bond motifs is 3. The third-order valence-electron chi connectivity index (χ3n) is 10.6. The highest BCUT2D eigenvalue weighted by molar-refractivity contribution is 6.24. The minimum atomic E-state index is 0.517. The Bertz CT molecular complexity index is 3070. The van der Waals surface area contributed by atoms with Gasteiger partial charge in [-0.2, -0.15) is 5.26 Å². The Labute approximate surface area is 324 Å². The first kappa shape index (κ1) is 32.9. The van der Waals surface area contributed by atoms with Gasteiger partial charge in [-0.1, -0.05) is 176 Å². The molecule has 0 fully saturated rings. The summed E-state index contributed by atoms with van der Waals surface area (Å²) in [5.41, 5.74) is 10.3. The zero-order valence-corrected chi connectivity index (χ0v) is 30.3. The van der Waals surface area contributed by atoms with Gasteiger partial charge >= 0.3 is 0 Å².